The van der Waals surface area contributed by atoms with Crippen molar-refractivity contribution < 1.29 is 0 Å². The molecule has 2 rings (SSSR count). The van der Waals surface area contributed by atoms with E-state index < -0.39 is 0 Å². The van der Waals surface area contributed by atoms with Gasteiger partial charge in [0.05, 0.1) is 28.5 Å². The zero-order valence-electron chi connectivity index (χ0n) is 11.8. The third-order valence-electron chi connectivity index (χ3n) is 2.91. The van der Waals surface area contributed by atoms with Gasteiger partial charge >= 0.3 is 0 Å². The average Bonchev–Trinajstić information content (AvgIpc) is 2.95. The summed E-state index contributed by atoms with van der Waals surface area (Å²) >= 11 is 1.35. The van der Waals surface area contributed by atoms with Crippen LogP contribution in [-0.4, -0.2) is 24.6 Å². The van der Waals surface area contributed by atoms with Crippen LogP contribution in [0.1, 0.15) is 56.4 Å². The summed E-state index contributed by atoms with van der Waals surface area (Å²) in [5.41, 5.74) is 8.17. The van der Waals surface area contributed by atoms with Crippen molar-refractivity contribution >= 4 is 11.5 Å². The summed E-state index contributed by atoms with van der Waals surface area (Å²) < 4.78 is 5.91. The molecule has 2 aromatic rings. The Hall–Kier alpha value is -1.34. The maximum atomic E-state index is 6.36. The molecule has 0 fully saturated rings. The second kappa shape index (κ2) is 5.34. The Labute approximate surface area is 117 Å². The molecule has 2 N–H and O–H groups in total. The van der Waals surface area contributed by atoms with E-state index in [1.54, 1.807) is 6.20 Å². The number of hydrogen-bond donors (Lipinski definition) is 1. The van der Waals surface area contributed by atoms with Gasteiger partial charge in [-0.25, -0.2) is 4.68 Å². The van der Waals surface area contributed by atoms with Crippen molar-refractivity contribution in [3.8, 4) is 0 Å². The van der Waals surface area contributed by atoms with Crippen LogP contribution in [0.15, 0.2) is 6.20 Å². The predicted molar refractivity (Wildman–Crippen MR) is 75.0 cm³/mol. The minimum absolute atomic E-state index is 0.0665. The number of hydrogen-bond acceptors (Lipinski definition) is 6. The van der Waals surface area contributed by atoms with Crippen LogP contribution in [-0.2, 0) is 12.0 Å². The van der Waals surface area contributed by atoms with E-state index in [1.165, 1.54) is 11.5 Å². The lowest BCUT2D eigenvalue weighted by Gasteiger charge is -2.19. The Morgan fingerprint density at radius 3 is 2.79 bits per heavy atom. The first-order valence-corrected chi connectivity index (χ1v) is 7.19. The van der Waals surface area contributed by atoms with Crippen molar-refractivity contribution in [3.63, 3.8) is 0 Å². The first-order chi connectivity index (χ1) is 8.95. The topological polar surface area (TPSA) is 82.5 Å². The van der Waals surface area contributed by atoms with E-state index in [-0.39, 0.29) is 11.5 Å². The Morgan fingerprint density at radius 2 is 2.16 bits per heavy atom. The van der Waals surface area contributed by atoms with Crippen molar-refractivity contribution in [2.24, 2.45) is 5.73 Å². The van der Waals surface area contributed by atoms with E-state index in [1.807, 2.05) is 4.68 Å². The molecule has 0 aromatic carbocycles. The highest BCUT2D eigenvalue weighted by molar-refractivity contribution is 7.05. The predicted octanol–water partition coefficient (Wildman–Crippen LogP) is 1.89. The van der Waals surface area contributed by atoms with Crippen molar-refractivity contribution in [1.82, 2.24) is 24.6 Å². The minimum atomic E-state index is -0.268. The minimum Gasteiger partial charge on any atom is -0.318 e. The monoisotopic (exact) mass is 280 g/mol. The van der Waals surface area contributed by atoms with Gasteiger partial charge in [0, 0.05) is 12.0 Å². The Morgan fingerprint density at radius 1 is 1.42 bits per heavy atom. The van der Waals surface area contributed by atoms with Crippen LogP contribution in [0.2, 0.25) is 0 Å². The molecule has 0 radical (unpaired) electrons. The van der Waals surface area contributed by atoms with E-state index in [4.69, 9.17) is 5.73 Å². The van der Waals surface area contributed by atoms with Crippen molar-refractivity contribution in [2.75, 3.05) is 0 Å². The largest absolute Gasteiger partial charge is 0.318 e. The molecule has 2 aromatic heterocycles. The molecule has 0 spiro atoms. The van der Waals surface area contributed by atoms with Crippen LogP contribution in [0.3, 0.4) is 0 Å². The van der Waals surface area contributed by atoms with Gasteiger partial charge in [0.25, 0.3) is 0 Å². The number of rotatable bonds is 4. The first-order valence-electron chi connectivity index (χ1n) is 6.41. The van der Waals surface area contributed by atoms with Crippen molar-refractivity contribution in [2.45, 2.75) is 52.1 Å². The molecule has 6 nitrogen and oxygen atoms in total. The normalized spacial score (nSPS) is 13.7. The summed E-state index contributed by atoms with van der Waals surface area (Å²) in [4.78, 5) is 0.993. The lowest BCUT2D eigenvalue weighted by molar-refractivity contribution is 0.532. The van der Waals surface area contributed by atoms with E-state index in [9.17, 15) is 0 Å². The zero-order chi connectivity index (χ0) is 14.0. The summed E-state index contributed by atoms with van der Waals surface area (Å²) in [6, 6.07) is -0.268. The van der Waals surface area contributed by atoms with Gasteiger partial charge < -0.3 is 5.73 Å². The van der Waals surface area contributed by atoms with Gasteiger partial charge in [-0.15, -0.1) is 10.2 Å². The molecule has 1 atom stereocenters. The smallest absolute Gasteiger partial charge is 0.0868 e. The Kier molecular flexibility index (Phi) is 3.96. The maximum Gasteiger partial charge on any atom is 0.0868 e. The van der Waals surface area contributed by atoms with Gasteiger partial charge in [0.1, 0.15) is 0 Å². The fourth-order valence-corrected chi connectivity index (χ4v) is 2.83. The number of aryl methyl sites for hydroxylation is 1. The maximum absolute atomic E-state index is 6.36. The fraction of sp³-hybridized carbons (Fsp3) is 0.667. The molecule has 104 valence electrons. The zero-order valence-corrected chi connectivity index (χ0v) is 12.6. The number of nitrogens with zero attached hydrogens (tertiary/aromatic N) is 5. The van der Waals surface area contributed by atoms with Crippen LogP contribution < -0.4 is 5.73 Å². The van der Waals surface area contributed by atoms with E-state index in [0.717, 1.165) is 29.2 Å². The van der Waals surface area contributed by atoms with Crippen LogP contribution >= 0.6 is 11.5 Å². The third kappa shape index (κ3) is 2.82. The highest BCUT2D eigenvalue weighted by Gasteiger charge is 2.28. The Bertz CT molecular complexity index is 538. The lowest BCUT2D eigenvalue weighted by Crippen LogP contribution is -2.22. The quantitative estimate of drug-likeness (QED) is 0.924. The van der Waals surface area contributed by atoms with E-state index >= 15 is 0 Å². The lowest BCUT2D eigenvalue weighted by atomic mass is 9.90. The van der Waals surface area contributed by atoms with Crippen LogP contribution in [0, 0.1) is 0 Å². The third-order valence-corrected chi connectivity index (χ3v) is 3.72. The molecule has 0 bridgehead atoms. The molecule has 19 heavy (non-hydrogen) atoms. The van der Waals surface area contributed by atoms with Crippen LogP contribution in [0.25, 0.3) is 0 Å². The number of aromatic nitrogens is 5. The highest BCUT2D eigenvalue weighted by atomic mass is 32.1. The van der Waals surface area contributed by atoms with Gasteiger partial charge in [-0.05, 0) is 18.0 Å². The molecule has 2 heterocycles. The summed E-state index contributed by atoms with van der Waals surface area (Å²) in [6.07, 6.45) is 2.72. The van der Waals surface area contributed by atoms with Crippen LogP contribution in [0.5, 0.6) is 0 Å². The Balaban J connectivity index is 2.37. The van der Waals surface area contributed by atoms with Crippen molar-refractivity contribution in [3.05, 3.63) is 22.5 Å². The number of nitrogens with two attached hydrogens (primary N) is 1. The molecule has 0 amide bonds. The SMILES string of the molecule is CCCn1nncc1C(N)c1snnc1C(C)(C)C. The van der Waals surface area contributed by atoms with Gasteiger partial charge in [0.15, 0.2) is 0 Å². The summed E-state index contributed by atoms with van der Waals surface area (Å²) in [5.74, 6) is 0. The second-order valence-corrected chi connectivity index (χ2v) is 6.38. The van der Waals surface area contributed by atoms with Gasteiger partial charge in [-0.3, -0.25) is 0 Å². The van der Waals surface area contributed by atoms with Crippen molar-refractivity contribution in [1.29, 1.82) is 0 Å². The summed E-state index contributed by atoms with van der Waals surface area (Å²) in [5, 5.41) is 12.3. The van der Waals surface area contributed by atoms with Gasteiger partial charge in [-0.2, -0.15) is 0 Å². The molecule has 0 aliphatic carbocycles. The second-order valence-electron chi connectivity index (χ2n) is 5.60. The average molecular weight is 280 g/mol. The van der Waals surface area contributed by atoms with Crippen LogP contribution in [0.4, 0.5) is 0 Å². The highest BCUT2D eigenvalue weighted by Crippen LogP contribution is 2.31. The first kappa shape index (κ1) is 14.1. The van der Waals surface area contributed by atoms with E-state index in [2.05, 4.69) is 47.6 Å². The molecule has 0 aliphatic heterocycles. The molecular formula is C12H20N6S. The molecule has 0 aliphatic rings. The van der Waals surface area contributed by atoms with E-state index in [0.29, 0.717) is 0 Å². The summed E-state index contributed by atoms with van der Waals surface area (Å²) in [6.45, 7) is 9.26. The molecule has 0 saturated carbocycles. The molecule has 7 heteroatoms. The fourth-order valence-electron chi connectivity index (χ4n) is 1.95. The standard InChI is InChI=1S/C12H20N6S/c1-5-6-18-8(7-14-16-18)9(13)10-11(12(2,3)4)15-17-19-10/h7,9H,5-6,13H2,1-4H3. The molecule has 1 unspecified atom stereocenters. The summed E-state index contributed by atoms with van der Waals surface area (Å²) in [7, 11) is 0. The molecular weight excluding hydrogens is 260 g/mol. The van der Waals surface area contributed by atoms with Gasteiger partial charge in [0.2, 0.25) is 0 Å². The molecule has 0 saturated heterocycles. The van der Waals surface area contributed by atoms with Gasteiger partial charge in [-0.1, -0.05) is 37.4 Å².